The largest absolute Gasteiger partial charge is 0.369 e. The first-order valence-corrected chi connectivity index (χ1v) is 5.43. The lowest BCUT2D eigenvalue weighted by atomic mass is 10.7. The van der Waals surface area contributed by atoms with Crippen LogP contribution < -0.4 is 0 Å². The Hall–Kier alpha value is -0.420. The lowest BCUT2D eigenvalue weighted by Crippen LogP contribution is -2.05. The highest BCUT2D eigenvalue weighted by Crippen LogP contribution is 1.94. The van der Waals surface area contributed by atoms with Crippen LogP contribution in [0.3, 0.4) is 0 Å². The maximum atomic E-state index is 3.99. The zero-order valence-electron chi connectivity index (χ0n) is 7.32. The number of nitrogens with zero attached hydrogens (tertiary/aromatic N) is 3. The van der Waals surface area contributed by atoms with Crippen molar-refractivity contribution in [2.45, 2.75) is 0 Å². The van der Waals surface area contributed by atoms with E-state index in [-0.39, 0.29) is 0 Å². The molecule has 0 saturated carbocycles. The van der Waals surface area contributed by atoms with Crippen LogP contribution in [-0.2, 0) is 0 Å². The lowest BCUT2D eigenvalue weighted by molar-refractivity contribution is 0.546. The fourth-order valence-electron chi connectivity index (χ4n) is 0.396. The molecule has 13 heavy (non-hydrogen) atoms. The fraction of sp³-hybridized carbons (Fsp3) is 0.250. The molecule has 0 unspecified atom stereocenters. The first-order chi connectivity index (χ1) is 6.20. The number of hydrogen-bond acceptors (Lipinski definition) is 2. The van der Waals surface area contributed by atoms with E-state index in [0.29, 0.717) is 4.74 Å². The highest BCUT2D eigenvalue weighted by Gasteiger charge is 1.84. The van der Waals surface area contributed by atoms with Gasteiger partial charge in [0, 0.05) is 25.7 Å². The normalized spacial score (nSPS) is 12.7. The van der Waals surface area contributed by atoms with Crippen LogP contribution in [0.15, 0.2) is 35.0 Å². The zero-order chi connectivity index (χ0) is 10.1. The van der Waals surface area contributed by atoms with Gasteiger partial charge in [-0.3, -0.25) is 0 Å². The van der Waals surface area contributed by atoms with Gasteiger partial charge in [-0.2, -0.15) is 0 Å². The molecule has 0 fully saturated rings. The second kappa shape index (κ2) is 8.19. The summed E-state index contributed by atoms with van der Waals surface area (Å²) in [7, 11) is 1.93. The van der Waals surface area contributed by atoms with Crippen molar-refractivity contribution >= 4 is 42.8 Å². The molecule has 0 aromatic carbocycles. The van der Waals surface area contributed by atoms with Crippen molar-refractivity contribution in [1.29, 1.82) is 0 Å². The molecule has 0 aliphatic heterocycles. The highest BCUT2D eigenvalue weighted by atomic mass is 79.9. The first kappa shape index (κ1) is 12.6. The molecule has 0 bridgehead atoms. The van der Waals surface area contributed by atoms with Gasteiger partial charge in [0.15, 0.2) is 4.74 Å². The van der Waals surface area contributed by atoms with Crippen LogP contribution in [0.25, 0.3) is 0 Å². The van der Waals surface area contributed by atoms with E-state index in [1.54, 1.807) is 18.5 Å². The molecule has 0 atom stereocenters. The summed E-state index contributed by atoms with van der Waals surface area (Å²) >= 11 is 6.47. The predicted octanol–water partition coefficient (Wildman–Crippen LogP) is 2.75. The van der Waals surface area contributed by atoms with Crippen LogP contribution in [0.4, 0.5) is 0 Å². The van der Waals surface area contributed by atoms with Crippen LogP contribution in [0.1, 0.15) is 0 Å². The number of halogens is 2. The number of amidine groups is 1. The summed E-state index contributed by atoms with van der Waals surface area (Å²) in [6, 6.07) is 0. The minimum absolute atomic E-state index is 0.520. The highest BCUT2D eigenvalue weighted by molar-refractivity contribution is 9.18. The van der Waals surface area contributed by atoms with Gasteiger partial charge < -0.3 is 4.90 Å². The Morgan fingerprint density at radius 2 is 2.31 bits per heavy atom. The van der Waals surface area contributed by atoms with Gasteiger partial charge in [-0.1, -0.05) is 28.6 Å². The summed E-state index contributed by atoms with van der Waals surface area (Å²) in [5.74, 6) is 0. The smallest absolute Gasteiger partial charge is 0.196 e. The van der Waals surface area contributed by atoms with Crippen LogP contribution in [0, 0.1) is 0 Å². The van der Waals surface area contributed by atoms with Crippen LogP contribution in [0.2, 0.25) is 0 Å². The Balaban J connectivity index is 4.02. The second-order valence-electron chi connectivity index (χ2n) is 2.09. The molecule has 0 saturated heterocycles. The fourth-order valence-corrected chi connectivity index (χ4v) is 0.800. The van der Waals surface area contributed by atoms with E-state index in [1.165, 1.54) is 0 Å². The maximum Gasteiger partial charge on any atom is 0.196 e. The Kier molecular flexibility index (Phi) is 7.93. The molecule has 0 aliphatic rings. The number of aliphatic imine (C=N–C) groups is 2. The van der Waals surface area contributed by atoms with Crippen molar-refractivity contribution in [2.75, 3.05) is 12.5 Å². The van der Waals surface area contributed by atoms with Gasteiger partial charge in [-0.05, 0) is 15.9 Å². The Bertz CT molecular complexity index is 234. The summed E-state index contributed by atoms with van der Waals surface area (Å²) in [4.78, 5) is 9.83. The third-order valence-electron chi connectivity index (χ3n) is 0.977. The van der Waals surface area contributed by atoms with E-state index >= 15 is 0 Å². The first-order valence-electron chi connectivity index (χ1n) is 3.52. The SMILES string of the molecule is C=C/C=N/C(Br)=N/C=C/N(C)CBr. The zero-order valence-corrected chi connectivity index (χ0v) is 10.5. The number of rotatable bonds is 4. The van der Waals surface area contributed by atoms with E-state index < -0.39 is 0 Å². The van der Waals surface area contributed by atoms with Gasteiger partial charge in [0.25, 0.3) is 0 Å². The number of hydrogen-bond donors (Lipinski definition) is 0. The Labute approximate surface area is 95.2 Å². The molecule has 5 heteroatoms. The summed E-state index contributed by atoms with van der Waals surface area (Å²) in [5, 5.41) is 0. The average molecular weight is 309 g/mol. The van der Waals surface area contributed by atoms with Crippen molar-refractivity contribution in [2.24, 2.45) is 9.98 Å². The molecular weight excluding hydrogens is 298 g/mol. The monoisotopic (exact) mass is 307 g/mol. The average Bonchev–Trinajstić information content (AvgIpc) is 2.14. The molecule has 0 spiro atoms. The van der Waals surface area contributed by atoms with Crippen molar-refractivity contribution in [3.63, 3.8) is 0 Å². The summed E-state index contributed by atoms with van der Waals surface area (Å²) < 4.78 is 0.520. The van der Waals surface area contributed by atoms with Gasteiger partial charge in [-0.25, -0.2) is 9.98 Å². The van der Waals surface area contributed by atoms with Gasteiger partial charge in [-0.15, -0.1) is 0 Å². The van der Waals surface area contributed by atoms with Crippen LogP contribution in [0.5, 0.6) is 0 Å². The number of alkyl halides is 1. The molecule has 0 aromatic rings. The standard InChI is InChI=1S/C8H11Br2N3/c1-3-4-11-8(10)12-5-6-13(2)7-9/h3-6H,1,7H2,2H3/b6-5+,11-4+,12-8+. The van der Waals surface area contributed by atoms with Gasteiger partial charge in [0.05, 0.1) is 5.45 Å². The second-order valence-corrected chi connectivity index (χ2v) is 3.30. The Morgan fingerprint density at radius 1 is 1.62 bits per heavy atom. The van der Waals surface area contributed by atoms with Gasteiger partial charge in [0.2, 0.25) is 0 Å². The maximum absolute atomic E-state index is 3.99. The molecule has 0 aliphatic carbocycles. The van der Waals surface area contributed by atoms with E-state index in [1.807, 2.05) is 18.1 Å². The minimum Gasteiger partial charge on any atom is -0.369 e. The topological polar surface area (TPSA) is 28.0 Å². The minimum atomic E-state index is 0.520. The Morgan fingerprint density at radius 3 is 2.85 bits per heavy atom. The molecule has 0 aromatic heterocycles. The molecule has 0 rings (SSSR count). The van der Waals surface area contributed by atoms with Crippen molar-refractivity contribution in [3.05, 3.63) is 25.1 Å². The van der Waals surface area contributed by atoms with Gasteiger partial charge >= 0.3 is 0 Å². The molecule has 0 N–H and O–H groups in total. The summed E-state index contributed by atoms with van der Waals surface area (Å²) in [6.07, 6.45) is 6.64. The van der Waals surface area contributed by atoms with Crippen molar-refractivity contribution in [3.8, 4) is 0 Å². The van der Waals surface area contributed by atoms with E-state index in [0.717, 1.165) is 5.45 Å². The number of allylic oxidation sites excluding steroid dienone is 1. The van der Waals surface area contributed by atoms with E-state index in [4.69, 9.17) is 0 Å². The van der Waals surface area contributed by atoms with Crippen molar-refractivity contribution in [1.82, 2.24) is 4.90 Å². The summed E-state index contributed by atoms with van der Waals surface area (Å²) in [5.41, 5.74) is 0.770. The quantitative estimate of drug-likeness (QED) is 0.340. The van der Waals surface area contributed by atoms with Gasteiger partial charge in [0.1, 0.15) is 0 Å². The molecule has 0 heterocycles. The third-order valence-corrected chi connectivity index (χ3v) is 2.18. The molecule has 0 radical (unpaired) electrons. The third kappa shape index (κ3) is 7.93. The van der Waals surface area contributed by atoms with E-state index in [2.05, 4.69) is 48.4 Å². The van der Waals surface area contributed by atoms with Crippen LogP contribution in [-0.4, -0.2) is 28.4 Å². The predicted molar refractivity (Wildman–Crippen MR) is 65.7 cm³/mol. The molecule has 0 amide bonds. The molecule has 3 nitrogen and oxygen atoms in total. The molecule has 72 valence electrons. The van der Waals surface area contributed by atoms with E-state index in [9.17, 15) is 0 Å². The van der Waals surface area contributed by atoms with Crippen LogP contribution >= 0.6 is 31.9 Å². The summed E-state index contributed by atoms with van der Waals surface area (Å²) in [6.45, 7) is 3.50. The van der Waals surface area contributed by atoms with Crippen molar-refractivity contribution < 1.29 is 0 Å². The molecular formula is C8H11Br2N3. The lowest BCUT2D eigenvalue weighted by Gasteiger charge is -2.05.